The van der Waals surface area contributed by atoms with Crippen LogP contribution in [0.15, 0.2) is 16.6 Å². The average Bonchev–Trinajstić information content (AvgIpc) is 2.26. The normalized spacial score (nSPS) is 21.5. The molecule has 0 aromatic heterocycles. The molecule has 0 radical (unpaired) electrons. The van der Waals surface area contributed by atoms with Crippen LogP contribution in [0.1, 0.15) is 12.8 Å². The van der Waals surface area contributed by atoms with Gasteiger partial charge < -0.3 is 10.2 Å². The summed E-state index contributed by atoms with van der Waals surface area (Å²) in [5, 5.41) is 3.13. The zero-order valence-electron chi connectivity index (χ0n) is 9.64. The molecule has 17 heavy (non-hydrogen) atoms. The first-order valence-corrected chi connectivity index (χ1v) is 6.45. The van der Waals surface area contributed by atoms with E-state index >= 15 is 0 Å². The van der Waals surface area contributed by atoms with Crippen LogP contribution in [-0.4, -0.2) is 31.1 Å². The highest BCUT2D eigenvalue weighted by Gasteiger charge is 2.18. The van der Waals surface area contributed by atoms with Crippen LogP contribution in [0.2, 0.25) is 0 Å². The van der Waals surface area contributed by atoms with Crippen molar-refractivity contribution in [3.8, 4) is 0 Å². The van der Waals surface area contributed by atoms with Gasteiger partial charge in [-0.25, -0.2) is 8.78 Å². The summed E-state index contributed by atoms with van der Waals surface area (Å²) in [6.07, 6.45) is 2.11. The first-order valence-electron chi connectivity index (χ1n) is 5.66. The second-order valence-electron chi connectivity index (χ2n) is 4.49. The number of rotatable bonds is 2. The van der Waals surface area contributed by atoms with Gasteiger partial charge in [0.05, 0.1) is 10.2 Å². The lowest BCUT2D eigenvalue weighted by molar-refractivity contribution is 0.260. The number of piperidine rings is 1. The van der Waals surface area contributed by atoms with Crippen molar-refractivity contribution in [3.63, 3.8) is 0 Å². The van der Waals surface area contributed by atoms with Gasteiger partial charge in [-0.1, -0.05) is 0 Å². The number of benzene rings is 1. The highest BCUT2D eigenvalue weighted by Crippen LogP contribution is 2.25. The summed E-state index contributed by atoms with van der Waals surface area (Å²) in [5.41, 5.74) is 0.360. The van der Waals surface area contributed by atoms with Crippen LogP contribution in [0.4, 0.5) is 14.5 Å². The quantitative estimate of drug-likeness (QED) is 0.844. The Balaban J connectivity index is 2.10. The number of nitrogens with zero attached hydrogens (tertiary/aromatic N) is 1. The summed E-state index contributed by atoms with van der Waals surface area (Å²) < 4.78 is 26.9. The number of likely N-dealkylation sites (tertiary alicyclic amines) is 1. The molecule has 1 fully saturated rings. The SMILES string of the molecule is CN1CCCC(Nc2cc(Br)c(F)cc2F)C1. The standard InChI is InChI=1S/C12H15BrF2N2/c1-17-4-2-3-8(7-17)16-12-5-9(13)10(14)6-11(12)15/h5-6,8,16H,2-4,7H2,1H3. The van der Waals surface area contributed by atoms with Crippen LogP contribution in [0, 0.1) is 11.6 Å². The molecule has 0 bridgehead atoms. The molecule has 2 rings (SSSR count). The molecule has 0 amide bonds. The lowest BCUT2D eigenvalue weighted by Crippen LogP contribution is -2.39. The molecule has 1 unspecified atom stereocenters. The Morgan fingerprint density at radius 2 is 2.12 bits per heavy atom. The van der Waals surface area contributed by atoms with Crippen molar-refractivity contribution in [3.05, 3.63) is 28.2 Å². The van der Waals surface area contributed by atoms with Crippen molar-refractivity contribution in [2.45, 2.75) is 18.9 Å². The maximum Gasteiger partial charge on any atom is 0.149 e. The molecule has 2 nitrogen and oxygen atoms in total. The van der Waals surface area contributed by atoms with Crippen LogP contribution < -0.4 is 5.32 Å². The average molecular weight is 305 g/mol. The van der Waals surface area contributed by atoms with E-state index in [4.69, 9.17) is 0 Å². The lowest BCUT2D eigenvalue weighted by Gasteiger charge is -2.31. The summed E-state index contributed by atoms with van der Waals surface area (Å²) in [6, 6.07) is 2.58. The Bertz CT molecular complexity index is 412. The van der Waals surface area contributed by atoms with Gasteiger partial charge in [0, 0.05) is 18.7 Å². The minimum absolute atomic E-state index is 0.223. The largest absolute Gasteiger partial charge is 0.379 e. The van der Waals surface area contributed by atoms with Crippen molar-refractivity contribution in [1.82, 2.24) is 4.90 Å². The highest BCUT2D eigenvalue weighted by atomic mass is 79.9. The lowest BCUT2D eigenvalue weighted by atomic mass is 10.1. The molecular formula is C12H15BrF2N2. The Morgan fingerprint density at radius 1 is 1.35 bits per heavy atom. The fourth-order valence-electron chi connectivity index (χ4n) is 2.14. The minimum atomic E-state index is -0.575. The monoisotopic (exact) mass is 304 g/mol. The second kappa shape index (κ2) is 5.31. The number of halogens is 3. The predicted molar refractivity (Wildman–Crippen MR) is 68.2 cm³/mol. The highest BCUT2D eigenvalue weighted by molar-refractivity contribution is 9.10. The number of anilines is 1. The maximum absolute atomic E-state index is 13.5. The van der Waals surface area contributed by atoms with E-state index in [0.29, 0.717) is 5.69 Å². The molecule has 0 aliphatic carbocycles. The molecule has 0 saturated carbocycles. The number of hydrogen-bond acceptors (Lipinski definition) is 2. The van der Waals surface area contributed by atoms with E-state index in [-0.39, 0.29) is 10.5 Å². The molecule has 1 aromatic carbocycles. The number of nitrogens with one attached hydrogen (secondary N) is 1. The van der Waals surface area contributed by atoms with Crippen molar-refractivity contribution in [2.24, 2.45) is 0 Å². The van der Waals surface area contributed by atoms with Gasteiger partial charge in [-0.3, -0.25) is 0 Å². The van der Waals surface area contributed by atoms with Gasteiger partial charge in [0.25, 0.3) is 0 Å². The van der Waals surface area contributed by atoms with Gasteiger partial charge in [0.1, 0.15) is 11.6 Å². The first-order chi connectivity index (χ1) is 8.06. The summed E-state index contributed by atoms with van der Waals surface area (Å²) in [5.74, 6) is -1.12. The van der Waals surface area contributed by atoms with E-state index < -0.39 is 11.6 Å². The molecule has 1 aromatic rings. The van der Waals surface area contributed by atoms with Crippen molar-refractivity contribution in [2.75, 3.05) is 25.5 Å². The minimum Gasteiger partial charge on any atom is -0.379 e. The summed E-state index contributed by atoms with van der Waals surface area (Å²) in [7, 11) is 2.05. The zero-order valence-corrected chi connectivity index (χ0v) is 11.2. The van der Waals surface area contributed by atoms with Gasteiger partial charge in [-0.05, 0) is 48.4 Å². The molecule has 1 heterocycles. The molecule has 1 N–H and O–H groups in total. The van der Waals surface area contributed by atoms with Crippen LogP contribution in [-0.2, 0) is 0 Å². The second-order valence-corrected chi connectivity index (χ2v) is 5.35. The van der Waals surface area contributed by atoms with E-state index in [2.05, 4.69) is 26.1 Å². The molecule has 1 aliphatic heterocycles. The van der Waals surface area contributed by atoms with Gasteiger partial charge in [0.2, 0.25) is 0 Å². The van der Waals surface area contributed by atoms with Gasteiger partial charge in [0.15, 0.2) is 0 Å². The van der Waals surface area contributed by atoms with Crippen molar-refractivity contribution in [1.29, 1.82) is 0 Å². The molecule has 1 saturated heterocycles. The molecule has 1 aliphatic rings. The summed E-state index contributed by atoms with van der Waals surface area (Å²) in [6.45, 7) is 1.96. The Morgan fingerprint density at radius 3 is 2.82 bits per heavy atom. The molecule has 1 atom stereocenters. The third kappa shape index (κ3) is 3.16. The van der Waals surface area contributed by atoms with Gasteiger partial charge in [-0.15, -0.1) is 0 Å². The molecular weight excluding hydrogens is 290 g/mol. The third-order valence-electron chi connectivity index (χ3n) is 2.99. The molecule has 5 heteroatoms. The van der Waals surface area contributed by atoms with Crippen LogP contribution >= 0.6 is 15.9 Å². The first kappa shape index (κ1) is 12.8. The van der Waals surface area contributed by atoms with E-state index in [1.165, 1.54) is 6.07 Å². The smallest absolute Gasteiger partial charge is 0.149 e. The number of hydrogen-bond donors (Lipinski definition) is 1. The Kier molecular flexibility index (Phi) is 3.99. The van der Waals surface area contributed by atoms with Crippen molar-refractivity contribution >= 4 is 21.6 Å². The van der Waals surface area contributed by atoms with Crippen molar-refractivity contribution < 1.29 is 8.78 Å². The van der Waals surface area contributed by atoms with Crippen LogP contribution in [0.5, 0.6) is 0 Å². The van der Waals surface area contributed by atoms with Crippen LogP contribution in [0.3, 0.4) is 0 Å². The maximum atomic E-state index is 13.5. The predicted octanol–water partition coefficient (Wildman–Crippen LogP) is 3.23. The van der Waals surface area contributed by atoms with E-state index in [1.807, 2.05) is 7.05 Å². The Hall–Kier alpha value is -0.680. The summed E-state index contributed by atoms with van der Waals surface area (Å²) >= 11 is 3.06. The van der Waals surface area contributed by atoms with Gasteiger partial charge >= 0.3 is 0 Å². The fourth-order valence-corrected chi connectivity index (χ4v) is 2.48. The third-order valence-corrected chi connectivity index (χ3v) is 3.60. The van der Waals surface area contributed by atoms with E-state index in [0.717, 1.165) is 32.0 Å². The fraction of sp³-hybridized carbons (Fsp3) is 0.500. The zero-order chi connectivity index (χ0) is 12.4. The van der Waals surface area contributed by atoms with Gasteiger partial charge in [-0.2, -0.15) is 0 Å². The topological polar surface area (TPSA) is 15.3 Å². The molecule has 0 spiro atoms. The van der Waals surface area contributed by atoms with Crippen LogP contribution in [0.25, 0.3) is 0 Å². The molecule has 94 valence electrons. The summed E-state index contributed by atoms with van der Waals surface area (Å²) in [4.78, 5) is 2.21. The van der Waals surface area contributed by atoms with E-state index in [1.54, 1.807) is 0 Å². The Labute approximate surface area is 108 Å². The number of likely N-dealkylation sites (N-methyl/N-ethyl adjacent to an activating group) is 1. The van der Waals surface area contributed by atoms with E-state index in [9.17, 15) is 8.78 Å².